The maximum Gasteiger partial charge on any atom is 2.00 e. The molecule has 1 aromatic heterocycles. The quantitative estimate of drug-likeness (QED) is 0.403. The Morgan fingerprint density at radius 1 is 1.00 bits per heavy atom. The standard InChI is InChI=1S/C5H5N.BO2.Ca.H2O/c1-2-4-6-5-3-1;2-1-3;;/h1-5H;;;1H2/q;-2;+2;. The van der Waals surface area contributed by atoms with E-state index in [1.54, 1.807) is 0 Å². The molecule has 0 aliphatic carbocycles. The van der Waals surface area contributed by atoms with Gasteiger partial charge in [-0.05, 0) is 0 Å². The molecule has 1 aromatic rings. The predicted molar refractivity (Wildman–Crippen MR) is 36.4 cm³/mol. The monoisotopic (exact) mass is 180 g/mol. The molecule has 11 heavy (non-hydrogen) atoms. The van der Waals surface area contributed by atoms with Crippen LogP contribution < -0.4 is 15.0 Å². The molecule has 0 atom stereocenters. The van der Waals surface area contributed by atoms with Crippen LogP contribution in [-0.2, 0) is 0 Å². The van der Waals surface area contributed by atoms with E-state index in [0.717, 1.165) is 0 Å². The average Bonchev–Trinajstić information content (AvgIpc) is 1.93. The largest absolute Gasteiger partial charge is 2.00 e. The smallest absolute Gasteiger partial charge is 0.900 e. The summed E-state index contributed by atoms with van der Waals surface area (Å²) in [5, 5.41) is 16.5. The van der Waals surface area contributed by atoms with E-state index in [1.165, 1.54) is 0 Å². The van der Waals surface area contributed by atoms with E-state index in [2.05, 4.69) is 4.98 Å². The van der Waals surface area contributed by atoms with Crippen molar-refractivity contribution in [2.45, 2.75) is 0 Å². The van der Waals surface area contributed by atoms with Gasteiger partial charge in [0.2, 0.25) is 0 Å². The van der Waals surface area contributed by atoms with Crippen LogP contribution in [0.15, 0.2) is 30.6 Å². The van der Waals surface area contributed by atoms with E-state index >= 15 is 0 Å². The van der Waals surface area contributed by atoms with E-state index in [1.807, 2.05) is 30.6 Å². The van der Waals surface area contributed by atoms with E-state index in [0.29, 0.717) is 0 Å². The van der Waals surface area contributed by atoms with Gasteiger partial charge in [0.05, 0.1) is 0 Å². The second-order valence-electron chi connectivity index (χ2n) is 1.17. The minimum Gasteiger partial charge on any atom is -0.900 e. The minimum atomic E-state index is -0.500. The molecular weight excluding hydrogens is 173 g/mol. The molecule has 0 aliphatic heterocycles. The fraction of sp³-hybridized carbons (Fsp3) is 0. The Balaban J connectivity index is -0.000000116. The average molecular weight is 180 g/mol. The molecule has 2 N–H and O–H groups in total. The summed E-state index contributed by atoms with van der Waals surface area (Å²) in [5.41, 5.74) is 0. The van der Waals surface area contributed by atoms with Gasteiger partial charge in [0.25, 0.3) is 0 Å². The van der Waals surface area contributed by atoms with Crippen LogP contribution >= 0.6 is 0 Å². The minimum absolute atomic E-state index is 0. The molecule has 0 bridgehead atoms. The molecule has 0 aliphatic rings. The van der Waals surface area contributed by atoms with Crippen LogP contribution in [0.3, 0.4) is 0 Å². The Hall–Kier alpha value is 0.355. The zero-order valence-electron chi connectivity index (χ0n) is 5.93. The van der Waals surface area contributed by atoms with Gasteiger partial charge in [0.15, 0.2) is 12.4 Å². The van der Waals surface area contributed by atoms with Gasteiger partial charge in [-0.2, -0.15) is 0 Å². The van der Waals surface area contributed by atoms with Crippen molar-refractivity contribution in [1.82, 2.24) is 0 Å². The molecule has 0 saturated carbocycles. The van der Waals surface area contributed by atoms with Crippen LogP contribution in [0.1, 0.15) is 0 Å². The Bertz CT molecular complexity index is 105. The normalized spacial score (nSPS) is 5.64. The van der Waals surface area contributed by atoms with Gasteiger partial charge in [0.1, 0.15) is 0 Å². The van der Waals surface area contributed by atoms with Crippen molar-refractivity contribution in [3.05, 3.63) is 30.6 Å². The van der Waals surface area contributed by atoms with E-state index in [-0.39, 0.29) is 43.2 Å². The molecule has 1 rings (SSSR count). The van der Waals surface area contributed by atoms with Crippen LogP contribution in [0, 0.1) is 0 Å². The number of H-pyrrole nitrogens is 1. The molecule has 1 radical (unpaired) electrons. The third kappa shape index (κ3) is 17.9. The fourth-order valence-corrected chi connectivity index (χ4v) is 0.342. The molecule has 55 valence electrons. The molecule has 0 saturated heterocycles. The first-order valence-electron chi connectivity index (χ1n) is 2.38. The molecule has 6 heteroatoms. The van der Waals surface area contributed by atoms with Crippen molar-refractivity contribution >= 4 is 45.4 Å². The van der Waals surface area contributed by atoms with E-state index in [4.69, 9.17) is 10.0 Å². The van der Waals surface area contributed by atoms with Gasteiger partial charge in [-0.1, -0.05) is 6.07 Å². The predicted octanol–water partition coefficient (Wildman–Crippen LogP) is -2.82. The van der Waals surface area contributed by atoms with Gasteiger partial charge in [-0.15, -0.1) is 0 Å². The maximum absolute atomic E-state index is 8.25. The van der Waals surface area contributed by atoms with Crippen molar-refractivity contribution in [3.63, 3.8) is 0 Å². The summed E-state index contributed by atoms with van der Waals surface area (Å²) in [6, 6.07) is 5.86. The summed E-state index contributed by atoms with van der Waals surface area (Å²) in [6.07, 6.45) is 3.75. The zero-order chi connectivity index (χ0) is 6.95. The second kappa shape index (κ2) is 16.8. The number of nitrogens with one attached hydrogen (secondary N) is 1. The fourth-order valence-electron chi connectivity index (χ4n) is 0.342. The third-order valence-corrected chi connectivity index (χ3v) is 0.607. The summed E-state index contributed by atoms with van der Waals surface area (Å²) >= 11 is 0. The number of pyridine rings is 1. The van der Waals surface area contributed by atoms with Gasteiger partial charge in [-0.25, -0.2) is 12.7 Å². The SMILES string of the molecule is [Ca+2].[O-][B][O-].[OH-].c1cc[nH+]cc1. The Kier molecular flexibility index (Phi) is 26.6. The maximum atomic E-state index is 8.25. The first-order chi connectivity index (χ1) is 4.41. The summed E-state index contributed by atoms with van der Waals surface area (Å²) in [7, 11) is -0.500. The zero-order valence-corrected chi connectivity index (χ0v) is 8.14. The summed E-state index contributed by atoms with van der Waals surface area (Å²) < 4.78 is 0. The number of rotatable bonds is 0. The van der Waals surface area contributed by atoms with Crippen LogP contribution in [0.2, 0.25) is 0 Å². The first kappa shape index (κ1) is 17.4. The van der Waals surface area contributed by atoms with Gasteiger partial charge >= 0.3 is 37.7 Å². The first-order valence-corrected chi connectivity index (χ1v) is 2.38. The van der Waals surface area contributed by atoms with Crippen LogP contribution in [0.5, 0.6) is 0 Å². The van der Waals surface area contributed by atoms with Gasteiger partial charge in [0, 0.05) is 12.1 Å². The topological polar surface area (TPSA) is 90.3 Å². The summed E-state index contributed by atoms with van der Waals surface area (Å²) in [5.74, 6) is 0. The molecule has 0 aromatic carbocycles. The Morgan fingerprint density at radius 2 is 1.36 bits per heavy atom. The van der Waals surface area contributed by atoms with Gasteiger partial charge < -0.3 is 15.5 Å². The van der Waals surface area contributed by atoms with Crippen LogP contribution in [0.25, 0.3) is 0 Å². The number of hydrogen-bond donors (Lipinski definition) is 0. The Labute approximate surface area is 95.9 Å². The van der Waals surface area contributed by atoms with Crippen molar-refractivity contribution in [2.24, 2.45) is 0 Å². The molecule has 0 spiro atoms. The number of aromatic nitrogens is 1. The van der Waals surface area contributed by atoms with Crippen molar-refractivity contribution in [3.8, 4) is 0 Å². The summed E-state index contributed by atoms with van der Waals surface area (Å²) in [4.78, 5) is 2.89. The Morgan fingerprint density at radius 3 is 1.45 bits per heavy atom. The number of hydrogen-bond acceptors (Lipinski definition) is 3. The van der Waals surface area contributed by atoms with Crippen molar-refractivity contribution in [1.29, 1.82) is 0 Å². The second-order valence-corrected chi connectivity index (χ2v) is 1.17. The molecule has 0 amide bonds. The molecule has 1 heterocycles. The third-order valence-electron chi connectivity index (χ3n) is 0.607. The van der Waals surface area contributed by atoms with Gasteiger partial charge in [-0.3, -0.25) is 0 Å². The molecule has 4 nitrogen and oxygen atoms in total. The van der Waals surface area contributed by atoms with E-state index in [9.17, 15) is 0 Å². The number of aromatic amines is 1. The van der Waals surface area contributed by atoms with Crippen molar-refractivity contribution in [2.75, 3.05) is 0 Å². The molecule has 0 unspecified atom stereocenters. The molecular formula is C5H7BCaNO3. The van der Waals surface area contributed by atoms with Crippen molar-refractivity contribution < 1.29 is 20.5 Å². The van der Waals surface area contributed by atoms with Crippen LogP contribution in [-0.4, -0.2) is 50.9 Å². The molecule has 0 fully saturated rings. The van der Waals surface area contributed by atoms with Crippen LogP contribution in [0.4, 0.5) is 0 Å². The summed E-state index contributed by atoms with van der Waals surface area (Å²) in [6.45, 7) is 0. The van der Waals surface area contributed by atoms with E-state index < -0.39 is 7.69 Å².